The predicted octanol–water partition coefficient (Wildman–Crippen LogP) is 2.50. The highest BCUT2D eigenvalue weighted by Crippen LogP contribution is 2.48. The number of hydrogen-bond donors (Lipinski definition) is 1. The number of carbonyl (C=O) groups is 1. The van der Waals surface area contributed by atoms with Gasteiger partial charge >= 0.3 is 0 Å². The van der Waals surface area contributed by atoms with Crippen molar-refractivity contribution in [1.29, 1.82) is 5.26 Å². The molecule has 1 saturated heterocycles. The molecule has 1 aromatic carbocycles. The van der Waals surface area contributed by atoms with Crippen molar-refractivity contribution >= 4 is 22.8 Å². The number of nitrogens with zero attached hydrogens (tertiary/aromatic N) is 5. The Morgan fingerprint density at radius 2 is 1.97 bits per heavy atom. The Kier molecular flexibility index (Phi) is 4.20. The molecule has 3 aromatic rings. The van der Waals surface area contributed by atoms with Gasteiger partial charge < -0.3 is 14.8 Å². The van der Waals surface area contributed by atoms with Crippen LogP contribution in [0.3, 0.4) is 0 Å². The molecule has 5 rings (SSSR count). The Balaban J connectivity index is 1.34. The topological polar surface area (TPSA) is 88.9 Å². The van der Waals surface area contributed by atoms with Crippen LogP contribution in [0.4, 0.5) is 5.82 Å². The van der Waals surface area contributed by atoms with Gasteiger partial charge in [0.1, 0.15) is 17.8 Å². The summed E-state index contributed by atoms with van der Waals surface area (Å²) in [4.78, 5) is 29.4. The van der Waals surface area contributed by atoms with E-state index in [4.69, 9.17) is 5.26 Å². The number of aromatic nitrogens is 3. The summed E-state index contributed by atoms with van der Waals surface area (Å²) < 4.78 is 0. The van der Waals surface area contributed by atoms with Crippen LogP contribution in [0.5, 0.6) is 0 Å². The lowest BCUT2D eigenvalue weighted by atomic mass is 10.1. The molecule has 146 valence electrons. The van der Waals surface area contributed by atoms with Gasteiger partial charge in [-0.1, -0.05) is 12.1 Å². The quantitative estimate of drug-likeness (QED) is 0.747. The van der Waals surface area contributed by atoms with Crippen LogP contribution in [0.25, 0.3) is 11.0 Å². The Morgan fingerprint density at radius 3 is 2.72 bits per heavy atom. The Morgan fingerprint density at radius 1 is 1.14 bits per heavy atom. The molecule has 2 aromatic heterocycles. The molecule has 0 bridgehead atoms. The van der Waals surface area contributed by atoms with E-state index < -0.39 is 0 Å². The first-order valence-corrected chi connectivity index (χ1v) is 9.96. The van der Waals surface area contributed by atoms with Gasteiger partial charge in [0.15, 0.2) is 0 Å². The van der Waals surface area contributed by atoms with Gasteiger partial charge in [0, 0.05) is 37.8 Å². The third-order valence-electron chi connectivity index (χ3n) is 6.07. The van der Waals surface area contributed by atoms with Crippen LogP contribution in [0.2, 0.25) is 0 Å². The number of anilines is 1. The molecule has 0 unspecified atom stereocenters. The number of fused-ring (bicyclic) bond motifs is 1. The fourth-order valence-electron chi connectivity index (χ4n) is 4.24. The maximum Gasteiger partial charge on any atom is 0.227 e. The van der Waals surface area contributed by atoms with Crippen LogP contribution in [0.1, 0.15) is 24.0 Å². The highest BCUT2D eigenvalue weighted by molar-refractivity contribution is 5.87. The summed E-state index contributed by atoms with van der Waals surface area (Å²) in [6, 6.07) is 11.4. The number of hydrogen-bond acceptors (Lipinski definition) is 5. The number of rotatable bonds is 3. The minimum absolute atomic E-state index is 0.150. The molecule has 1 spiro atoms. The first kappa shape index (κ1) is 17.7. The summed E-state index contributed by atoms with van der Waals surface area (Å²) >= 11 is 0. The van der Waals surface area contributed by atoms with Crippen LogP contribution >= 0.6 is 0 Å². The van der Waals surface area contributed by atoms with E-state index in [0.717, 1.165) is 54.9 Å². The van der Waals surface area contributed by atoms with Crippen molar-refractivity contribution in [2.45, 2.75) is 19.3 Å². The number of benzene rings is 1. The van der Waals surface area contributed by atoms with Crippen molar-refractivity contribution in [2.75, 3.05) is 31.1 Å². The highest BCUT2D eigenvalue weighted by atomic mass is 16.2. The number of aromatic amines is 1. The third-order valence-corrected chi connectivity index (χ3v) is 6.07. The largest absolute Gasteiger partial charge is 0.354 e. The standard InChI is InChI=1S/C22H22N6O/c23-12-17-3-1-16(2-4-17)11-19(29)27-9-10-28(14-22(13-27)6-7-22)21-18-5-8-24-20(18)25-15-26-21/h1-5,8,15H,6-7,9-11,13-14H2,(H,24,25,26). The van der Waals surface area contributed by atoms with Gasteiger partial charge in [-0.2, -0.15) is 5.26 Å². The van der Waals surface area contributed by atoms with Crippen molar-refractivity contribution < 1.29 is 4.79 Å². The summed E-state index contributed by atoms with van der Waals surface area (Å²) in [6.45, 7) is 3.18. The van der Waals surface area contributed by atoms with Crippen molar-refractivity contribution in [3.05, 3.63) is 54.0 Å². The third kappa shape index (κ3) is 3.42. The fourth-order valence-corrected chi connectivity index (χ4v) is 4.24. The predicted molar refractivity (Wildman–Crippen MR) is 109 cm³/mol. The maximum atomic E-state index is 13.0. The van der Waals surface area contributed by atoms with Crippen molar-refractivity contribution in [3.63, 3.8) is 0 Å². The minimum Gasteiger partial charge on any atom is -0.354 e. The number of nitriles is 1. The van der Waals surface area contributed by atoms with E-state index in [1.807, 2.05) is 29.3 Å². The van der Waals surface area contributed by atoms with Crippen molar-refractivity contribution in [2.24, 2.45) is 5.41 Å². The van der Waals surface area contributed by atoms with E-state index in [9.17, 15) is 4.79 Å². The second-order valence-corrected chi connectivity index (χ2v) is 8.16. The molecule has 1 aliphatic heterocycles. The van der Waals surface area contributed by atoms with Gasteiger partial charge in [0.2, 0.25) is 5.91 Å². The summed E-state index contributed by atoms with van der Waals surface area (Å²) in [7, 11) is 0. The monoisotopic (exact) mass is 386 g/mol. The van der Waals surface area contributed by atoms with Crippen LogP contribution in [-0.4, -0.2) is 51.9 Å². The first-order chi connectivity index (χ1) is 14.2. The van der Waals surface area contributed by atoms with Gasteiger partial charge in [0.25, 0.3) is 0 Å². The fraction of sp³-hybridized carbons (Fsp3) is 0.364. The van der Waals surface area contributed by atoms with E-state index >= 15 is 0 Å². The SMILES string of the molecule is N#Cc1ccc(CC(=O)N2CCN(c3ncnc4[nH]ccc34)CC3(CC3)C2)cc1. The molecule has 2 aliphatic rings. The van der Waals surface area contributed by atoms with Crippen molar-refractivity contribution in [3.8, 4) is 6.07 Å². The molecule has 1 N–H and O–H groups in total. The summed E-state index contributed by atoms with van der Waals surface area (Å²) in [5, 5.41) is 9.97. The zero-order valence-corrected chi connectivity index (χ0v) is 16.1. The molecule has 0 radical (unpaired) electrons. The zero-order valence-electron chi connectivity index (χ0n) is 16.1. The lowest BCUT2D eigenvalue weighted by molar-refractivity contribution is -0.130. The minimum atomic E-state index is 0.150. The van der Waals surface area contributed by atoms with E-state index in [0.29, 0.717) is 18.5 Å². The molecule has 2 fully saturated rings. The van der Waals surface area contributed by atoms with Crippen molar-refractivity contribution in [1.82, 2.24) is 19.9 Å². The number of nitrogens with one attached hydrogen (secondary N) is 1. The Hall–Kier alpha value is -3.40. The Labute approximate surface area is 169 Å². The van der Waals surface area contributed by atoms with Crippen LogP contribution in [-0.2, 0) is 11.2 Å². The van der Waals surface area contributed by atoms with E-state index in [-0.39, 0.29) is 11.3 Å². The van der Waals surface area contributed by atoms with Gasteiger partial charge in [-0.25, -0.2) is 9.97 Å². The zero-order chi connectivity index (χ0) is 19.8. The van der Waals surface area contributed by atoms with Crippen LogP contribution in [0, 0.1) is 16.7 Å². The lowest BCUT2D eigenvalue weighted by Gasteiger charge is -2.25. The lowest BCUT2D eigenvalue weighted by Crippen LogP contribution is -2.37. The average Bonchev–Trinajstić information content (AvgIpc) is 3.39. The molecular weight excluding hydrogens is 364 g/mol. The van der Waals surface area contributed by atoms with Gasteiger partial charge in [-0.15, -0.1) is 0 Å². The summed E-state index contributed by atoms with van der Waals surface area (Å²) in [5.41, 5.74) is 2.58. The molecule has 29 heavy (non-hydrogen) atoms. The molecular formula is C22H22N6O. The van der Waals surface area contributed by atoms with Crippen LogP contribution in [0.15, 0.2) is 42.9 Å². The molecule has 1 amide bonds. The maximum absolute atomic E-state index is 13.0. The van der Waals surface area contributed by atoms with E-state index in [2.05, 4.69) is 25.9 Å². The highest BCUT2D eigenvalue weighted by Gasteiger charge is 2.47. The number of amides is 1. The molecule has 1 aliphatic carbocycles. The molecule has 1 saturated carbocycles. The summed E-state index contributed by atoms with van der Waals surface area (Å²) in [5.74, 6) is 1.10. The van der Waals surface area contributed by atoms with Crippen LogP contribution < -0.4 is 4.90 Å². The molecule has 7 nitrogen and oxygen atoms in total. The van der Waals surface area contributed by atoms with Gasteiger partial charge in [-0.05, 0) is 36.6 Å². The smallest absolute Gasteiger partial charge is 0.227 e. The van der Waals surface area contributed by atoms with E-state index in [1.54, 1.807) is 18.5 Å². The number of H-pyrrole nitrogens is 1. The molecule has 7 heteroatoms. The summed E-state index contributed by atoms with van der Waals surface area (Å²) in [6.07, 6.45) is 6.15. The second kappa shape index (κ2) is 6.89. The average molecular weight is 386 g/mol. The second-order valence-electron chi connectivity index (χ2n) is 8.16. The normalized spacial score (nSPS) is 17.9. The number of carbonyl (C=O) groups excluding carboxylic acids is 1. The van der Waals surface area contributed by atoms with Gasteiger partial charge in [0.05, 0.1) is 23.4 Å². The molecule has 3 heterocycles. The Bertz CT molecular complexity index is 1090. The van der Waals surface area contributed by atoms with E-state index in [1.165, 1.54) is 0 Å². The molecule has 0 atom stereocenters. The first-order valence-electron chi connectivity index (χ1n) is 9.96. The van der Waals surface area contributed by atoms with Gasteiger partial charge in [-0.3, -0.25) is 4.79 Å².